The second-order valence-corrected chi connectivity index (χ2v) is 10.3. The Morgan fingerprint density at radius 2 is 2.17 bits per heavy atom. The second kappa shape index (κ2) is 4.58. The van der Waals surface area contributed by atoms with Crippen LogP contribution >= 0.6 is 11.6 Å². The lowest BCUT2D eigenvalue weighted by Gasteiger charge is -2.37. The van der Waals surface area contributed by atoms with Crippen molar-refractivity contribution < 1.29 is 9.16 Å². The smallest absolute Gasteiger partial charge is 0.186 e. The van der Waals surface area contributed by atoms with E-state index in [2.05, 4.69) is 25.7 Å². The van der Waals surface area contributed by atoms with Crippen LogP contribution in [0.5, 0.6) is 5.75 Å². The second-order valence-electron chi connectivity index (χ2n) is 5.39. The van der Waals surface area contributed by atoms with E-state index in [-0.39, 0.29) is 0 Å². The number of fused-ring (bicyclic) bond motifs is 1. The summed E-state index contributed by atoms with van der Waals surface area (Å²) in [5.74, 6) is 0.699. The molecule has 96 valence electrons. The molecule has 0 unspecified atom stereocenters. The molecule has 0 aliphatic carbocycles. The molecule has 1 heterocycles. The van der Waals surface area contributed by atoms with Gasteiger partial charge in [0.05, 0.1) is 6.61 Å². The first-order chi connectivity index (χ1) is 8.36. The summed E-state index contributed by atoms with van der Waals surface area (Å²) in [6.45, 7) is 6.72. The fourth-order valence-corrected chi connectivity index (χ4v) is 3.63. The molecule has 0 N–H and O–H groups in total. The standard InChI is InChI=1S/C13H16ClNO2Si/c1-18(2,3)17-13(9-15)6-7-16-12-5-4-10(14)8-11(12)13/h4-5,8H,6-7H2,1-3H3/t13-/m0/s1. The van der Waals surface area contributed by atoms with E-state index in [1.54, 1.807) is 18.2 Å². The fraction of sp³-hybridized carbons (Fsp3) is 0.462. The van der Waals surface area contributed by atoms with Gasteiger partial charge in [-0.2, -0.15) is 5.26 Å². The van der Waals surface area contributed by atoms with Crippen LogP contribution in [0.4, 0.5) is 0 Å². The van der Waals surface area contributed by atoms with E-state index < -0.39 is 13.9 Å². The fourth-order valence-electron chi connectivity index (χ4n) is 2.15. The average Bonchev–Trinajstić information content (AvgIpc) is 2.28. The molecule has 1 aliphatic heterocycles. The predicted octanol–water partition coefficient (Wildman–Crippen LogP) is 3.69. The highest BCUT2D eigenvalue weighted by Gasteiger charge is 2.42. The zero-order valence-corrected chi connectivity index (χ0v) is 12.5. The summed E-state index contributed by atoms with van der Waals surface area (Å²) >= 11 is 6.02. The number of ether oxygens (including phenoxy) is 1. The lowest BCUT2D eigenvalue weighted by Crippen LogP contribution is -2.42. The number of hydrogen-bond donors (Lipinski definition) is 0. The number of rotatable bonds is 2. The molecular formula is C13H16ClNO2Si. The van der Waals surface area contributed by atoms with Crippen LogP contribution in [0.3, 0.4) is 0 Å². The van der Waals surface area contributed by atoms with Crippen molar-refractivity contribution in [1.82, 2.24) is 0 Å². The Bertz CT molecular complexity index is 507. The normalized spacial score (nSPS) is 22.8. The molecule has 2 rings (SSSR count). The van der Waals surface area contributed by atoms with Gasteiger partial charge < -0.3 is 9.16 Å². The highest BCUT2D eigenvalue weighted by Crippen LogP contribution is 2.42. The van der Waals surface area contributed by atoms with Crippen LogP contribution in [0.25, 0.3) is 0 Å². The molecular weight excluding hydrogens is 266 g/mol. The van der Waals surface area contributed by atoms with Gasteiger partial charge >= 0.3 is 0 Å². The first-order valence-corrected chi connectivity index (χ1v) is 9.69. The minimum atomic E-state index is -1.84. The van der Waals surface area contributed by atoms with Crippen LogP contribution in [0.2, 0.25) is 24.7 Å². The van der Waals surface area contributed by atoms with E-state index >= 15 is 0 Å². The minimum Gasteiger partial charge on any atom is -0.493 e. The van der Waals surface area contributed by atoms with Crippen molar-refractivity contribution in [2.45, 2.75) is 31.7 Å². The van der Waals surface area contributed by atoms with Crippen molar-refractivity contribution in [3.63, 3.8) is 0 Å². The van der Waals surface area contributed by atoms with Gasteiger partial charge in [0.25, 0.3) is 0 Å². The molecule has 0 saturated carbocycles. The van der Waals surface area contributed by atoms with Gasteiger partial charge in [0.1, 0.15) is 11.8 Å². The minimum absolute atomic E-state index is 0.493. The molecule has 0 bridgehead atoms. The van der Waals surface area contributed by atoms with E-state index in [0.717, 1.165) is 5.56 Å². The van der Waals surface area contributed by atoms with E-state index in [9.17, 15) is 5.26 Å². The summed E-state index contributed by atoms with van der Waals surface area (Å²) in [6.07, 6.45) is 0.543. The Hall–Kier alpha value is -1.02. The maximum absolute atomic E-state index is 9.59. The van der Waals surface area contributed by atoms with Gasteiger partial charge in [-0.25, -0.2) is 0 Å². The zero-order valence-electron chi connectivity index (χ0n) is 10.8. The van der Waals surface area contributed by atoms with Crippen LogP contribution in [0.15, 0.2) is 18.2 Å². The molecule has 0 spiro atoms. The molecule has 5 heteroatoms. The Morgan fingerprint density at radius 3 is 2.78 bits per heavy atom. The Balaban J connectivity index is 2.52. The number of nitrogens with zero attached hydrogens (tertiary/aromatic N) is 1. The number of nitriles is 1. The van der Waals surface area contributed by atoms with Gasteiger partial charge in [0, 0.05) is 17.0 Å². The molecule has 18 heavy (non-hydrogen) atoms. The third kappa shape index (κ3) is 2.53. The van der Waals surface area contributed by atoms with Gasteiger partial charge in [-0.15, -0.1) is 0 Å². The van der Waals surface area contributed by atoms with E-state index in [0.29, 0.717) is 23.8 Å². The maximum Gasteiger partial charge on any atom is 0.186 e. The molecule has 1 atom stereocenters. The lowest BCUT2D eigenvalue weighted by atomic mass is 9.90. The number of halogens is 1. The Morgan fingerprint density at radius 1 is 1.44 bits per heavy atom. The monoisotopic (exact) mass is 281 g/mol. The zero-order chi connectivity index (χ0) is 13.4. The predicted molar refractivity (Wildman–Crippen MR) is 73.3 cm³/mol. The third-order valence-electron chi connectivity index (χ3n) is 2.75. The lowest BCUT2D eigenvalue weighted by molar-refractivity contribution is 0.0664. The van der Waals surface area contributed by atoms with Gasteiger partial charge in [0.2, 0.25) is 0 Å². The molecule has 1 aromatic carbocycles. The first-order valence-electron chi connectivity index (χ1n) is 5.91. The van der Waals surface area contributed by atoms with Crippen molar-refractivity contribution in [3.05, 3.63) is 28.8 Å². The quantitative estimate of drug-likeness (QED) is 0.777. The van der Waals surface area contributed by atoms with Gasteiger partial charge in [-0.3, -0.25) is 0 Å². The molecule has 1 aromatic rings. The van der Waals surface area contributed by atoms with Crippen LogP contribution in [-0.4, -0.2) is 14.9 Å². The molecule has 0 amide bonds. The molecule has 0 saturated heterocycles. The summed E-state index contributed by atoms with van der Waals surface area (Å²) in [6, 6.07) is 7.68. The van der Waals surface area contributed by atoms with Gasteiger partial charge in [0.15, 0.2) is 13.9 Å². The Kier molecular flexibility index (Phi) is 3.41. The van der Waals surface area contributed by atoms with Crippen LogP contribution in [0.1, 0.15) is 12.0 Å². The van der Waals surface area contributed by atoms with Crippen molar-refractivity contribution in [2.24, 2.45) is 0 Å². The number of benzene rings is 1. The van der Waals surface area contributed by atoms with Crippen molar-refractivity contribution in [1.29, 1.82) is 5.26 Å². The maximum atomic E-state index is 9.59. The van der Waals surface area contributed by atoms with Gasteiger partial charge in [-0.05, 0) is 37.8 Å². The van der Waals surface area contributed by atoms with E-state index in [4.69, 9.17) is 20.8 Å². The average molecular weight is 282 g/mol. The summed E-state index contributed by atoms with van der Waals surface area (Å²) in [5, 5.41) is 10.2. The SMILES string of the molecule is C[Si](C)(C)O[C@]1(C#N)CCOc2ccc(Cl)cc21. The summed E-state index contributed by atoms with van der Waals surface area (Å²) < 4.78 is 11.7. The Labute approximate surface area is 113 Å². The summed E-state index contributed by atoms with van der Waals surface area (Å²) in [7, 11) is -1.84. The molecule has 0 fully saturated rings. The summed E-state index contributed by atoms with van der Waals surface area (Å²) in [5.41, 5.74) is -0.158. The van der Waals surface area contributed by atoms with E-state index in [1.807, 2.05) is 0 Å². The van der Waals surface area contributed by atoms with E-state index in [1.165, 1.54) is 0 Å². The third-order valence-corrected chi connectivity index (χ3v) is 3.95. The molecule has 0 radical (unpaired) electrons. The van der Waals surface area contributed by atoms with Crippen LogP contribution in [-0.2, 0) is 10.0 Å². The van der Waals surface area contributed by atoms with Gasteiger partial charge in [-0.1, -0.05) is 11.6 Å². The molecule has 1 aliphatic rings. The highest BCUT2D eigenvalue weighted by molar-refractivity contribution is 6.69. The van der Waals surface area contributed by atoms with Crippen molar-refractivity contribution in [3.8, 4) is 11.8 Å². The molecule has 0 aromatic heterocycles. The van der Waals surface area contributed by atoms with Crippen molar-refractivity contribution >= 4 is 19.9 Å². The molecule has 3 nitrogen and oxygen atoms in total. The highest BCUT2D eigenvalue weighted by atomic mass is 35.5. The summed E-state index contributed by atoms with van der Waals surface area (Å²) in [4.78, 5) is 0. The first kappa shape index (κ1) is 13.4. The van der Waals surface area contributed by atoms with Crippen LogP contribution in [0, 0.1) is 11.3 Å². The largest absolute Gasteiger partial charge is 0.493 e. The van der Waals surface area contributed by atoms with Crippen molar-refractivity contribution in [2.75, 3.05) is 6.61 Å². The topological polar surface area (TPSA) is 42.2 Å². The number of hydrogen-bond acceptors (Lipinski definition) is 3. The van der Waals surface area contributed by atoms with Crippen LogP contribution < -0.4 is 4.74 Å².